The number of hydrogen-bond donors (Lipinski definition) is 1. The molecule has 0 aliphatic heterocycles. The number of hydrogen-bond acceptors (Lipinski definition) is 7. The Hall–Kier alpha value is -2.72. The Bertz CT molecular complexity index is 1080. The maximum absolute atomic E-state index is 12.9. The average Bonchev–Trinajstić information content (AvgIpc) is 3.10. The molecule has 1 heterocycles. The Morgan fingerprint density at radius 3 is 2.45 bits per heavy atom. The molecule has 1 aromatic heterocycles. The van der Waals surface area contributed by atoms with Gasteiger partial charge in [-0.05, 0) is 42.0 Å². The van der Waals surface area contributed by atoms with Crippen LogP contribution in [0, 0.1) is 5.82 Å². The van der Waals surface area contributed by atoms with Crippen LogP contribution in [0.2, 0.25) is 0 Å². The fourth-order valence-electron chi connectivity index (χ4n) is 2.38. The molecule has 152 valence electrons. The molecule has 0 aliphatic carbocycles. The molecule has 0 atom stereocenters. The van der Waals surface area contributed by atoms with Crippen LogP contribution in [0.5, 0.6) is 0 Å². The van der Waals surface area contributed by atoms with Crippen LogP contribution in [-0.2, 0) is 21.1 Å². The third kappa shape index (κ3) is 6.40. The van der Waals surface area contributed by atoms with Gasteiger partial charge in [0, 0.05) is 23.3 Å². The van der Waals surface area contributed by atoms with Crippen LogP contribution in [0.4, 0.5) is 10.4 Å². The molecule has 0 spiro atoms. The Balaban J connectivity index is 1.48. The summed E-state index contributed by atoms with van der Waals surface area (Å²) in [7, 11) is -3.25. The first-order valence-electron chi connectivity index (χ1n) is 8.59. The van der Waals surface area contributed by atoms with Gasteiger partial charge in [0.25, 0.3) is 0 Å². The molecule has 7 nitrogen and oxygen atoms in total. The molecule has 0 fully saturated rings. The van der Waals surface area contributed by atoms with Gasteiger partial charge in [-0.25, -0.2) is 12.8 Å². The molecule has 2 aromatic carbocycles. The zero-order valence-electron chi connectivity index (χ0n) is 15.5. The molecule has 0 saturated carbocycles. The Morgan fingerprint density at radius 1 is 1.10 bits per heavy atom. The zero-order valence-corrected chi connectivity index (χ0v) is 17.1. The van der Waals surface area contributed by atoms with Crippen LogP contribution in [0.3, 0.4) is 0 Å². The molecule has 1 N–H and O–H groups in total. The maximum Gasteiger partial charge on any atom is 0.322 e. The lowest BCUT2D eigenvalue weighted by atomic mass is 10.1. The minimum absolute atomic E-state index is 0.00420. The Labute approximate surface area is 171 Å². The topological polar surface area (TPSA) is 102 Å². The zero-order chi connectivity index (χ0) is 20.9. The van der Waals surface area contributed by atoms with E-state index < -0.39 is 9.84 Å². The number of nitrogens with zero attached hydrogens (tertiary/aromatic N) is 2. The molecule has 0 bridgehead atoms. The molecule has 29 heavy (non-hydrogen) atoms. The van der Waals surface area contributed by atoms with E-state index in [4.69, 9.17) is 4.42 Å². The van der Waals surface area contributed by atoms with Crippen molar-refractivity contribution in [1.82, 2.24) is 10.2 Å². The molecule has 0 aliphatic rings. The van der Waals surface area contributed by atoms with Gasteiger partial charge in [-0.15, -0.1) is 16.9 Å². The quantitative estimate of drug-likeness (QED) is 0.542. The highest BCUT2D eigenvalue weighted by Gasteiger charge is 2.12. The van der Waals surface area contributed by atoms with E-state index in [2.05, 4.69) is 15.5 Å². The van der Waals surface area contributed by atoms with Crippen LogP contribution in [0.1, 0.15) is 17.9 Å². The Morgan fingerprint density at radius 2 is 1.79 bits per heavy atom. The van der Waals surface area contributed by atoms with Crippen molar-refractivity contribution in [2.45, 2.75) is 22.6 Å². The van der Waals surface area contributed by atoms with Gasteiger partial charge >= 0.3 is 6.01 Å². The average molecular weight is 436 g/mol. The van der Waals surface area contributed by atoms with Crippen molar-refractivity contribution in [2.75, 3.05) is 17.3 Å². The van der Waals surface area contributed by atoms with Gasteiger partial charge in [0.05, 0.1) is 11.3 Å². The number of aromatic nitrogens is 2. The van der Waals surface area contributed by atoms with Gasteiger partial charge < -0.3 is 4.42 Å². The summed E-state index contributed by atoms with van der Waals surface area (Å²) in [6.07, 6.45) is 1.69. The predicted molar refractivity (Wildman–Crippen MR) is 107 cm³/mol. The number of rotatable bonds is 8. The number of benzene rings is 2. The first-order valence-corrected chi connectivity index (χ1v) is 11.5. The van der Waals surface area contributed by atoms with Crippen molar-refractivity contribution in [3.8, 4) is 0 Å². The molecule has 0 saturated heterocycles. The number of carbonyl (C=O) groups excluding carboxylic acids is 1. The smallest absolute Gasteiger partial charge is 0.322 e. The predicted octanol–water partition coefficient (Wildman–Crippen LogP) is 3.32. The molecule has 3 aromatic rings. The monoisotopic (exact) mass is 435 g/mol. The number of halogens is 1. The van der Waals surface area contributed by atoms with E-state index in [9.17, 15) is 17.6 Å². The summed E-state index contributed by atoms with van der Waals surface area (Å²) in [5.74, 6) is 0.247. The van der Waals surface area contributed by atoms with Gasteiger partial charge in [0.15, 0.2) is 9.84 Å². The largest absolute Gasteiger partial charge is 0.407 e. The van der Waals surface area contributed by atoms with Gasteiger partial charge in [-0.3, -0.25) is 10.1 Å². The lowest BCUT2D eigenvalue weighted by Crippen LogP contribution is -2.12. The van der Waals surface area contributed by atoms with Gasteiger partial charge in [-0.2, -0.15) is 0 Å². The van der Waals surface area contributed by atoms with Crippen LogP contribution in [0.25, 0.3) is 0 Å². The van der Waals surface area contributed by atoms with Crippen molar-refractivity contribution in [3.05, 3.63) is 65.8 Å². The Kier molecular flexibility index (Phi) is 6.65. The van der Waals surface area contributed by atoms with Crippen LogP contribution in [0.15, 0.2) is 62.7 Å². The number of nitrogens with one attached hydrogen (secondary N) is 1. The van der Waals surface area contributed by atoms with E-state index in [-0.39, 0.29) is 29.1 Å². The standard InChI is InChI=1S/C19H18FN3O4S2/c1-29(25,26)16-8-2-13(3-9-16)12-18-22-23-19(27-18)21-17(24)10-11-28-15-6-4-14(20)5-7-15/h2-9H,10-12H2,1H3,(H,21,23,24). The second-order valence-electron chi connectivity index (χ2n) is 6.19. The van der Waals surface area contributed by atoms with E-state index >= 15 is 0 Å². The first kappa shape index (κ1) is 21.0. The lowest BCUT2D eigenvalue weighted by molar-refractivity contribution is -0.115. The molecule has 0 unspecified atom stereocenters. The van der Waals surface area contributed by atoms with Crippen molar-refractivity contribution in [1.29, 1.82) is 0 Å². The molecule has 10 heteroatoms. The third-order valence-electron chi connectivity index (χ3n) is 3.83. The SMILES string of the molecule is CS(=O)(=O)c1ccc(Cc2nnc(NC(=O)CCSc3ccc(F)cc3)o2)cc1. The minimum Gasteiger partial charge on any atom is -0.407 e. The minimum atomic E-state index is -3.25. The van der Waals surface area contributed by atoms with E-state index in [1.54, 1.807) is 24.3 Å². The number of thioether (sulfide) groups is 1. The van der Waals surface area contributed by atoms with Crippen molar-refractivity contribution in [2.24, 2.45) is 0 Å². The highest BCUT2D eigenvalue weighted by molar-refractivity contribution is 7.99. The normalized spacial score (nSPS) is 11.4. The summed E-state index contributed by atoms with van der Waals surface area (Å²) in [4.78, 5) is 13.1. The fraction of sp³-hybridized carbons (Fsp3) is 0.211. The second kappa shape index (κ2) is 9.19. The highest BCUT2D eigenvalue weighted by Crippen LogP contribution is 2.19. The summed E-state index contributed by atoms with van der Waals surface area (Å²) < 4.78 is 41.2. The molecule has 1 amide bonds. The number of amides is 1. The van der Waals surface area contributed by atoms with E-state index in [0.717, 1.165) is 16.7 Å². The third-order valence-corrected chi connectivity index (χ3v) is 5.97. The van der Waals surface area contributed by atoms with Crippen LogP contribution in [-0.4, -0.2) is 36.5 Å². The maximum atomic E-state index is 12.9. The van der Waals surface area contributed by atoms with Crippen molar-refractivity contribution in [3.63, 3.8) is 0 Å². The molecular formula is C19H18FN3O4S2. The fourth-order valence-corrected chi connectivity index (χ4v) is 3.86. The number of carbonyl (C=O) groups is 1. The van der Waals surface area contributed by atoms with Gasteiger partial charge in [-0.1, -0.05) is 17.2 Å². The lowest BCUT2D eigenvalue weighted by Gasteiger charge is -2.02. The van der Waals surface area contributed by atoms with Crippen LogP contribution >= 0.6 is 11.8 Å². The second-order valence-corrected chi connectivity index (χ2v) is 9.38. The summed E-state index contributed by atoms with van der Waals surface area (Å²) in [6.45, 7) is 0. The van der Waals surface area contributed by atoms with Crippen LogP contribution < -0.4 is 5.32 Å². The molecular weight excluding hydrogens is 417 g/mol. The summed E-state index contributed by atoms with van der Waals surface area (Å²) in [5.41, 5.74) is 0.801. The van der Waals surface area contributed by atoms with Crippen molar-refractivity contribution < 1.29 is 22.0 Å². The summed E-state index contributed by atoms with van der Waals surface area (Å²) in [5, 5.41) is 10.2. The number of sulfone groups is 1. The summed E-state index contributed by atoms with van der Waals surface area (Å²) in [6, 6.07) is 12.4. The molecule has 0 radical (unpaired) electrons. The highest BCUT2D eigenvalue weighted by atomic mass is 32.2. The van der Waals surface area contributed by atoms with Crippen molar-refractivity contribution >= 4 is 33.5 Å². The van der Waals surface area contributed by atoms with Gasteiger partial charge in [0.2, 0.25) is 11.8 Å². The first-order chi connectivity index (χ1) is 13.8. The summed E-state index contributed by atoms with van der Waals surface area (Å²) >= 11 is 1.44. The van der Waals surface area contributed by atoms with E-state index in [1.165, 1.54) is 36.0 Å². The van der Waals surface area contributed by atoms with E-state index in [1.807, 2.05) is 0 Å². The number of anilines is 1. The van der Waals surface area contributed by atoms with E-state index in [0.29, 0.717) is 18.1 Å². The van der Waals surface area contributed by atoms with Gasteiger partial charge in [0.1, 0.15) is 5.82 Å². The molecule has 3 rings (SSSR count).